The molecule has 14 heavy (non-hydrogen) atoms. The summed E-state index contributed by atoms with van der Waals surface area (Å²) < 4.78 is 4.64. The van der Waals surface area contributed by atoms with Crippen molar-refractivity contribution in [3.8, 4) is 0 Å². The average Bonchev–Trinajstić information content (AvgIpc) is 2.72. The molecular weight excluding hydrogens is 180 g/mol. The summed E-state index contributed by atoms with van der Waals surface area (Å²) in [5.41, 5.74) is 0. The number of rotatable bonds is 4. The fourth-order valence-electron chi connectivity index (χ4n) is 1.73. The molecule has 1 aliphatic rings. The van der Waals surface area contributed by atoms with E-state index in [4.69, 9.17) is 0 Å². The molecule has 0 bridgehead atoms. The second-order valence-corrected chi connectivity index (χ2v) is 3.63. The number of piperidine rings is 1. The van der Waals surface area contributed by atoms with Gasteiger partial charge in [-0.1, -0.05) is 11.6 Å². The second-order valence-electron chi connectivity index (χ2n) is 3.63. The predicted molar refractivity (Wildman–Crippen MR) is 51.6 cm³/mol. The molecule has 2 heterocycles. The predicted octanol–water partition coefficient (Wildman–Crippen LogP) is 0.301. The molecular formula is C9H16N4O. The zero-order valence-electron chi connectivity index (χ0n) is 8.20. The van der Waals surface area contributed by atoms with Gasteiger partial charge >= 0.3 is 0 Å². The monoisotopic (exact) mass is 196 g/mol. The smallest absolute Gasteiger partial charge is 0.213 e. The Morgan fingerprint density at radius 3 is 3.29 bits per heavy atom. The van der Waals surface area contributed by atoms with E-state index in [-0.39, 0.29) is 0 Å². The molecule has 0 amide bonds. The van der Waals surface area contributed by atoms with Crippen LogP contribution in [-0.4, -0.2) is 29.3 Å². The van der Waals surface area contributed by atoms with Gasteiger partial charge in [-0.15, -0.1) is 0 Å². The van der Waals surface area contributed by atoms with E-state index >= 15 is 0 Å². The van der Waals surface area contributed by atoms with Gasteiger partial charge in [0.1, 0.15) is 0 Å². The van der Waals surface area contributed by atoms with E-state index in [0.29, 0.717) is 12.6 Å². The van der Waals surface area contributed by atoms with Crippen molar-refractivity contribution in [3.05, 3.63) is 12.2 Å². The fraction of sp³-hybridized carbons (Fsp3) is 0.778. The lowest BCUT2D eigenvalue weighted by Gasteiger charge is -2.23. The van der Waals surface area contributed by atoms with E-state index in [1.54, 1.807) is 0 Å². The number of nitrogens with zero attached hydrogens (tertiary/aromatic N) is 2. The molecule has 2 rings (SSSR count). The summed E-state index contributed by atoms with van der Waals surface area (Å²) in [5.74, 6) is 0.723. The summed E-state index contributed by atoms with van der Waals surface area (Å²) >= 11 is 0. The van der Waals surface area contributed by atoms with Crippen LogP contribution < -0.4 is 10.6 Å². The van der Waals surface area contributed by atoms with Crippen LogP contribution in [-0.2, 0) is 6.54 Å². The molecule has 0 aromatic carbocycles. The van der Waals surface area contributed by atoms with E-state index in [1.807, 2.05) is 0 Å². The van der Waals surface area contributed by atoms with E-state index in [9.17, 15) is 0 Å². The lowest BCUT2D eigenvalue weighted by atomic mass is 10.1. The Morgan fingerprint density at radius 2 is 2.57 bits per heavy atom. The third-order valence-corrected chi connectivity index (χ3v) is 2.49. The summed E-state index contributed by atoms with van der Waals surface area (Å²) in [6.07, 6.45) is 5.26. The Hall–Kier alpha value is -0.940. The Morgan fingerprint density at radius 1 is 1.57 bits per heavy atom. The highest BCUT2D eigenvalue weighted by Crippen LogP contribution is 2.05. The van der Waals surface area contributed by atoms with Gasteiger partial charge in [-0.3, -0.25) is 0 Å². The minimum absolute atomic E-state index is 0.607. The zero-order chi connectivity index (χ0) is 9.64. The van der Waals surface area contributed by atoms with Crippen molar-refractivity contribution in [3.63, 3.8) is 0 Å². The van der Waals surface area contributed by atoms with E-state index in [2.05, 4.69) is 25.3 Å². The minimum Gasteiger partial charge on any atom is -0.343 e. The van der Waals surface area contributed by atoms with E-state index in [1.165, 1.54) is 25.7 Å². The molecule has 1 aromatic rings. The highest BCUT2D eigenvalue weighted by Gasteiger charge is 2.11. The van der Waals surface area contributed by atoms with Crippen LogP contribution in [0.4, 0.5) is 0 Å². The fourth-order valence-corrected chi connectivity index (χ4v) is 1.73. The van der Waals surface area contributed by atoms with Crippen LogP contribution in [0.1, 0.15) is 25.1 Å². The van der Waals surface area contributed by atoms with Crippen LogP contribution in [0.2, 0.25) is 0 Å². The van der Waals surface area contributed by atoms with Gasteiger partial charge in [0, 0.05) is 12.6 Å². The lowest BCUT2D eigenvalue weighted by molar-refractivity contribution is 0.376. The normalized spacial score (nSPS) is 22.4. The quantitative estimate of drug-likeness (QED) is 0.725. The molecule has 1 aliphatic heterocycles. The molecule has 0 saturated carbocycles. The largest absolute Gasteiger partial charge is 0.343 e. The van der Waals surface area contributed by atoms with Gasteiger partial charge in [0.05, 0.1) is 6.54 Å². The SMILES string of the molecule is c1nc(CNCC2CCCCN2)no1. The molecule has 1 saturated heterocycles. The van der Waals surface area contributed by atoms with Crippen molar-refractivity contribution in [2.24, 2.45) is 0 Å². The number of hydrogen-bond donors (Lipinski definition) is 2. The first-order chi connectivity index (χ1) is 6.95. The first-order valence-corrected chi connectivity index (χ1v) is 5.14. The zero-order valence-corrected chi connectivity index (χ0v) is 8.20. The summed E-state index contributed by atoms with van der Waals surface area (Å²) in [7, 11) is 0. The van der Waals surface area contributed by atoms with Crippen molar-refractivity contribution in [2.45, 2.75) is 31.8 Å². The van der Waals surface area contributed by atoms with Gasteiger partial charge in [0.25, 0.3) is 0 Å². The van der Waals surface area contributed by atoms with Crippen molar-refractivity contribution in [1.29, 1.82) is 0 Å². The standard InChI is InChI=1S/C9H16N4O/c1-2-4-11-8(3-1)5-10-6-9-12-7-14-13-9/h7-8,10-11H,1-6H2. The summed E-state index contributed by atoms with van der Waals surface area (Å²) in [4.78, 5) is 3.94. The highest BCUT2D eigenvalue weighted by atomic mass is 16.5. The van der Waals surface area contributed by atoms with E-state index < -0.39 is 0 Å². The number of hydrogen-bond acceptors (Lipinski definition) is 5. The molecule has 78 valence electrons. The number of aromatic nitrogens is 2. The molecule has 1 fully saturated rings. The molecule has 0 aliphatic carbocycles. The van der Waals surface area contributed by atoms with Gasteiger partial charge in [0.15, 0.2) is 5.82 Å². The maximum Gasteiger partial charge on any atom is 0.213 e. The van der Waals surface area contributed by atoms with Gasteiger partial charge in [0.2, 0.25) is 6.39 Å². The van der Waals surface area contributed by atoms with E-state index in [0.717, 1.165) is 18.9 Å². The molecule has 5 heteroatoms. The van der Waals surface area contributed by atoms with Crippen molar-refractivity contribution < 1.29 is 4.52 Å². The van der Waals surface area contributed by atoms with Crippen LogP contribution in [0, 0.1) is 0 Å². The Bertz CT molecular complexity index is 243. The maximum atomic E-state index is 4.64. The molecule has 0 spiro atoms. The Labute approximate surface area is 83.3 Å². The van der Waals surface area contributed by atoms with Crippen LogP contribution in [0.3, 0.4) is 0 Å². The highest BCUT2D eigenvalue weighted by molar-refractivity contribution is 4.79. The topological polar surface area (TPSA) is 63.0 Å². The van der Waals surface area contributed by atoms with Crippen molar-refractivity contribution >= 4 is 0 Å². The van der Waals surface area contributed by atoms with Crippen LogP contribution >= 0.6 is 0 Å². The Kier molecular flexibility index (Phi) is 3.48. The third-order valence-electron chi connectivity index (χ3n) is 2.49. The van der Waals surface area contributed by atoms with Crippen molar-refractivity contribution in [2.75, 3.05) is 13.1 Å². The molecule has 1 aromatic heterocycles. The van der Waals surface area contributed by atoms with Gasteiger partial charge in [-0.25, -0.2) is 0 Å². The van der Waals surface area contributed by atoms with Gasteiger partial charge < -0.3 is 15.2 Å². The van der Waals surface area contributed by atoms with Crippen LogP contribution in [0.15, 0.2) is 10.9 Å². The summed E-state index contributed by atoms with van der Waals surface area (Å²) in [5, 5.41) is 10.5. The molecule has 5 nitrogen and oxygen atoms in total. The summed E-state index contributed by atoms with van der Waals surface area (Å²) in [6.45, 7) is 2.82. The lowest BCUT2D eigenvalue weighted by Crippen LogP contribution is -2.41. The first kappa shape index (κ1) is 9.61. The maximum absolute atomic E-state index is 4.64. The molecule has 0 radical (unpaired) electrons. The molecule has 2 N–H and O–H groups in total. The molecule has 1 unspecified atom stereocenters. The Balaban J connectivity index is 1.62. The van der Waals surface area contributed by atoms with Crippen LogP contribution in [0.25, 0.3) is 0 Å². The third kappa shape index (κ3) is 2.78. The second kappa shape index (κ2) is 5.07. The summed E-state index contributed by atoms with van der Waals surface area (Å²) in [6, 6.07) is 0.607. The average molecular weight is 196 g/mol. The molecule has 1 atom stereocenters. The first-order valence-electron chi connectivity index (χ1n) is 5.14. The minimum atomic E-state index is 0.607. The van der Waals surface area contributed by atoms with Crippen LogP contribution in [0.5, 0.6) is 0 Å². The van der Waals surface area contributed by atoms with Crippen molar-refractivity contribution in [1.82, 2.24) is 20.8 Å². The van der Waals surface area contributed by atoms with Gasteiger partial charge in [-0.05, 0) is 19.4 Å². The number of nitrogens with one attached hydrogen (secondary N) is 2. The van der Waals surface area contributed by atoms with Gasteiger partial charge in [-0.2, -0.15) is 4.98 Å².